The number of anilines is 1. The zero-order valence-electron chi connectivity index (χ0n) is 15.5. The molecule has 29 heavy (non-hydrogen) atoms. The normalized spacial score (nSPS) is 10.8. The van der Waals surface area contributed by atoms with Crippen LogP contribution in [0.5, 0.6) is 0 Å². The number of carbonyl (C=O) groups is 1. The Kier molecular flexibility index (Phi) is 5.76. The average Bonchev–Trinajstić information content (AvgIpc) is 3.37. The molecule has 2 heterocycles. The minimum absolute atomic E-state index is 0.170. The quantitative estimate of drug-likeness (QED) is 0.463. The molecule has 0 aliphatic heterocycles. The number of rotatable bonds is 7. The molecule has 1 N–H and O–H groups in total. The van der Waals surface area contributed by atoms with E-state index in [9.17, 15) is 9.18 Å². The molecule has 0 atom stereocenters. The van der Waals surface area contributed by atoms with Gasteiger partial charge in [0.05, 0.1) is 11.8 Å². The number of hydrogen-bond acceptors (Lipinski definition) is 5. The summed E-state index contributed by atoms with van der Waals surface area (Å²) in [6, 6.07) is 16.4. The summed E-state index contributed by atoms with van der Waals surface area (Å²) in [5, 5.41) is 3.37. The zero-order chi connectivity index (χ0) is 20.1. The second-order valence-corrected chi connectivity index (χ2v) is 7.56. The van der Waals surface area contributed by atoms with E-state index in [1.54, 1.807) is 24.4 Å². The summed E-state index contributed by atoms with van der Waals surface area (Å²) in [5.74, 6) is 0.200. The van der Waals surface area contributed by atoms with Crippen LogP contribution in [-0.2, 0) is 17.6 Å². The molecule has 0 saturated heterocycles. The third-order valence-electron chi connectivity index (χ3n) is 4.28. The van der Waals surface area contributed by atoms with Crippen LogP contribution in [0.3, 0.4) is 0 Å². The van der Waals surface area contributed by atoms with Crippen molar-refractivity contribution < 1.29 is 13.6 Å². The van der Waals surface area contributed by atoms with Crippen LogP contribution in [-0.4, -0.2) is 15.9 Å². The highest BCUT2D eigenvalue weighted by molar-refractivity contribution is 7.15. The van der Waals surface area contributed by atoms with Gasteiger partial charge >= 0.3 is 0 Å². The van der Waals surface area contributed by atoms with E-state index in [1.807, 2.05) is 18.2 Å². The maximum Gasteiger partial charge on any atom is 0.226 e. The third-order valence-corrected chi connectivity index (χ3v) is 5.19. The van der Waals surface area contributed by atoms with Gasteiger partial charge in [0.25, 0.3) is 0 Å². The Bertz CT molecular complexity index is 1110. The van der Waals surface area contributed by atoms with Crippen LogP contribution in [0.2, 0.25) is 0 Å². The summed E-state index contributed by atoms with van der Waals surface area (Å²) in [6.45, 7) is 0. The average molecular weight is 407 g/mol. The van der Waals surface area contributed by atoms with Crippen molar-refractivity contribution in [1.82, 2.24) is 9.97 Å². The molecule has 0 aliphatic rings. The topological polar surface area (TPSA) is 68.0 Å². The first kappa shape index (κ1) is 19.0. The molecule has 0 spiro atoms. The van der Waals surface area contributed by atoms with Crippen molar-refractivity contribution in [2.45, 2.75) is 19.3 Å². The molecule has 0 saturated carbocycles. The number of amides is 1. The Morgan fingerprint density at radius 1 is 1.03 bits per heavy atom. The molecule has 4 rings (SSSR count). The monoisotopic (exact) mass is 407 g/mol. The molecule has 0 bridgehead atoms. The number of nitrogens with one attached hydrogen (secondary N) is 1. The molecule has 5 nitrogen and oxygen atoms in total. The standard InChI is InChI=1S/C22H18FN3O2S/c23-18-9-5-4-8-17(18)19-14-24-21(28-19)11-10-20(27)26-22-25-13-16(29-22)12-15-6-2-1-3-7-15/h1-9,13-14H,10-12H2,(H,25,26,27). The van der Waals surface area contributed by atoms with Gasteiger partial charge in [-0.3, -0.25) is 4.79 Å². The Labute approximate surface area is 171 Å². The van der Waals surface area contributed by atoms with Crippen molar-refractivity contribution in [3.05, 3.63) is 89.1 Å². The van der Waals surface area contributed by atoms with Crippen LogP contribution < -0.4 is 5.32 Å². The molecule has 7 heteroatoms. The number of benzene rings is 2. The Morgan fingerprint density at radius 2 is 1.83 bits per heavy atom. The van der Waals surface area contributed by atoms with Gasteiger partial charge in [-0.25, -0.2) is 14.4 Å². The van der Waals surface area contributed by atoms with Gasteiger partial charge < -0.3 is 9.73 Å². The lowest BCUT2D eigenvalue weighted by Crippen LogP contribution is -2.12. The number of thiazole rings is 1. The van der Waals surface area contributed by atoms with Gasteiger partial charge in [-0.2, -0.15) is 0 Å². The van der Waals surface area contributed by atoms with E-state index in [-0.39, 0.29) is 18.1 Å². The Morgan fingerprint density at radius 3 is 2.66 bits per heavy atom. The largest absolute Gasteiger partial charge is 0.441 e. The van der Waals surface area contributed by atoms with E-state index in [4.69, 9.17) is 4.42 Å². The van der Waals surface area contributed by atoms with Crippen molar-refractivity contribution in [2.75, 3.05) is 5.32 Å². The van der Waals surface area contributed by atoms with E-state index in [0.29, 0.717) is 28.8 Å². The van der Waals surface area contributed by atoms with Crippen LogP contribution in [0.4, 0.5) is 9.52 Å². The minimum atomic E-state index is -0.372. The molecular weight excluding hydrogens is 389 g/mol. The van der Waals surface area contributed by atoms with E-state index in [1.165, 1.54) is 29.2 Å². The van der Waals surface area contributed by atoms with Crippen molar-refractivity contribution in [1.29, 1.82) is 0 Å². The molecule has 0 radical (unpaired) electrons. The molecule has 2 aromatic heterocycles. The minimum Gasteiger partial charge on any atom is -0.441 e. The molecule has 0 unspecified atom stereocenters. The van der Waals surface area contributed by atoms with E-state index >= 15 is 0 Å². The lowest BCUT2D eigenvalue weighted by molar-refractivity contribution is -0.116. The first-order valence-corrected chi connectivity index (χ1v) is 9.97. The maximum absolute atomic E-state index is 13.8. The molecule has 2 aromatic carbocycles. The highest BCUT2D eigenvalue weighted by atomic mass is 32.1. The SMILES string of the molecule is O=C(CCc1ncc(-c2ccccc2F)o1)Nc1ncc(Cc2ccccc2)s1. The third kappa shape index (κ3) is 4.94. The molecule has 0 aliphatic carbocycles. The zero-order valence-corrected chi connectivity index (χ0v) is 16.3. The number of aromatic nitrogens is 2. The Hall–Kier alpha value is -3.32. The van der Waals surface area contributed by atoms with Gasteiger partial charge in [-0.05, 0) is 17.7 Å². The summed E-state index contributed by atoms with van der Waals surface area (Å²) in [4.78, 5) is 21.7. The number of aryl methyl sites for hydroxylation is 1. The van der Waals surface area contributed by atoms with E-state index in [0.717, 1.165) is 11.3 Å². The van der Waals surface area contributed by atoms with Crippen LogP contribution in [0, 0.1) is 5.82 Å². The number of halogens is 1. The van der Waals surface area contributed by atoms with Crippen LogP contribution in [0.15, 0.2) is 71.4 Å². The molecule has 1 amide bonds. The van der Waals surface area contributed by atoms with Crippen molar-refractivity contribution >= 4 is 22.4 Å². The lowest BCUT2D eigenvalue weighted by atomic mass is 10.1. The maximum atomic E-state index is 13.8. The highest BCUT2D eigenvalue weighted by Gasteiger charge is 2.13. The first-order chi connectivity index (χ1) is 14.2. The summed E-state index contributed by atoms with van der Waals surface area (Å²) >= 11 is 1.46. The van der Waals surface area contributed by atoms with Gasteiger partial charge in [0, 0.05) is 30.3 Å². The number of nitrogens with zero attached hydrogens (tertiary/aromatic N) is 2. The number of carbonyl (C=O) groups excluding carboxylic acids is 1. The van der Waals surface area contributed by atoms with Crippen molar-refractivity contribution in [3.63, 3.8) is 0 Å². The van der Waals surface area contributed by atoms with Gasteiger partial charge in [-0.1, -0.05) is 42.5 Å². The highest BCUT2D eigenvalue weighted by Crippen LogP contribution is 2.24. The van der Waals surface area contributed by atoms with Crippen LogP contribution in [0.25, 0.3) is 11.3 Å². The van der Waals surface area contributed by atoms with Gasteiger partial charge in [-0.15, -0.1) is 11.3 Å². The smallest absolute Gasteiger partial charge is 0.226 e. The predicted molar refractivity (Wildman–Crippen MR) is 110 cm³/mol. The number of oxazole rings is 1. The van der Waals surface area contributed by atoms with Crippen molar-refractivity contribution in [2.24, 2.45) is 0 Å². The summed E-state index contributed by atoms with van der Waals surface area (Å²) in [7, 11) is 0. The van der Waals surface area contributed by atoms with E-state index in [2.05, 4.69) is 27.4 Å². The van der Waals surface area contributed by atoms with Gasteiger partial charge in [0.15, 0.2) is 16.8 Å². The van der Waals surface area contributed by atoms with Crippen molar-refractivity contribution in [3.8, 4) is 11.3 Å². The summed E-state index contributed by atoms with van der Waals surface area (Å²) in [6.07, 6.45) is 4.56. The Balaban J connectivity index is 1.30. The fourth-order valence-corrected chi connectivity index (χ4v) is 3.72. The second kappa shape index (κ2) is 8.79. The molecule has 0 fully saturated rings. The molecule has 4 aromatic rings. The van der Waals surface area contributed by atoms with Gasteiger partial charge in [0.1, 0.15) is 5.82 Å². The first-order valence-electron chi connectivity index (χ1n) is 9.15. The predicted octanol–water partition coefficient (Wildman–Crippen LogP) is 5.10. The lowest BCUT2D eigenvalue weighted by Gasteiger charge is -2.00. The molecular formula is C22H18FN3O2S. The number of hydrogen-bond donors (Lipinski definition) is 1. The van der Waals surface area contributed by atoms with Gasteiger partial charge in [0.2, 0.25) is 5.91 Å². The fourth-order valence-electron chi connectivity index (χ4n) is 2.86. The van der Waals surface area contributed by atoms with Crippen LogP contribution >= 0.6 is 11.3 Å². The molecule has 146 valence electrons. The van der Waals surface area contributed by atoms with E-state index < -0.39 is 0 Å². The second-order valence-electron chi connectivity index (χ2n) is 6.44. The summed E-state index contributed by atoms with van der Waals surface area (Å²) in [5.41, 5.74) is 1.55. The van der Waals surface area contributed by atoms with Crippen LogP contribution in [0.1, 0.15) is 22.8 Å². The fraction of sp³-hybridized carbons (Fsp3) is 0.136. The summed E-state index contributed by atoms with van der Waals surface area (Å²) < 4.78 is 19.4.